The molecule has 158 valence electrons. The molecule has 1 aromatic heterocycles. The van der Waals surface area contributed by atoms with Gasteiger partial charge in [-0.2, -0.15) is 0 Å². The van der Waals surface area contributed by atoms with Gasteiger partial charge in [-0.3, -0.25) is 9.59 Å². The van der Waals surface area contributed by atoms with Gasteiger partial charge in [0.25, 0.3) is 5.91 Å². The smallest absolute Gasteiger partial charge is 0.253 e. The summed E-state index contributed by atoms with van der Waals surface area (Å²) in [6.07, 6.45) is 0. The topological polar surface area (TPSA) is 67.2 Å². The van der Waals surface area contributed by atoms with Gasteiger partial charge >= 0.3 is 0 Å². The molecule has 6 nitrogen and oxygen atoms in total. The molecule has 1 N–H and O–H groups in total. The number of rotatable bonds is 7. The van der Waals surface area contributed by atoms with E-state index >= 15 is 0 Å². The van der Waals surface area contributed by atoms with Crippen LogP contribution in [0.15, 0.2) is 48.5 Å². The van der Waals surface area contributed by atoms with Crippen molar-refractivity contribution >= 4 is 34.4 Å². The Morgan fingerprint density at radius 2 is 1.67 bits per heavy atom. The largest absolute Gasteiger partial charge is 0.345 e. The predicted octanol–water partition coefficient (Wildman–Crippen LogP) is 4.27. The molecule has 3 aromatic rings. The summed E-state index contributed by atoms with van der Waals surface area (Å²) in [5.41, 5.74) is 2.05. The van der Waals surface area contributed by atoms with Crippen molar-refractivity contribution in [3.05, 3.63) is 64.9 Å². The van der Waals surface area contributed by atoms with E-state index in [1.165, 1.54) is 0 Å². The molecule has 2 aromatic carbocycles. The minimum atomic E-state index is -0.281. The lowest BCUT2D eigenvalue weighted by molar-refractivity contribution is -0.135. The van der Waals surface area contributed by atoms with Crippen LogP contribution in [-0.4, -0.2) is 38.3 Å². The summed E-state index contributed by atoms with van der Waals surface area (Å²) in [6, 6.07) is 14.7. The second-order valence-corrected chi connectivity index (χ2v) is 8.16. The zero-order valence-electron chi connectivity index (χ0n) is 17.7. The average Bonchev–Trinajstić information content (AvgIpc) is 3.03. The van der Waals surface area contributed by atoms with Gasteiger partial charge in [0.15, 0.2) is 0 Å². The number of para-hydroxylation sites is 2. The van der Waals surface area contributed by atoms with E-state index in [0.29, 0.717) is 16.4 Å². The standard InChI is InChI=1S/C23H27ClN4O2/c1-15(2)28(16(3)4)22(29)14-27-20-12-8-7-11-19(20)26-21(27)13-25-23(30)17-9-5-6-10-18(17)24/h5-12,15-16H,13-14H2,1-4H3,(H,25,30). The third-order valence-electron chi connectivity index (χ3n) is 4.95. The van der Waals surface area contributed by atoms with Crippen LogP contribution in [0.5, 0.6) is 0 Å². The molecule has 0 spiro atoms. The molecule has 2 amide bonds. The highest BCUT2D eigenvalue weighted by Gasteiger charge is 2.23. The van der Waals surface area contributed by atoms with Crippen LogP contribution < -0.4 is 5.32 Å². The second kappa shape index (κ2) is 9.30. The van der Waals surface area contributed by atoms with Gasteiger partial charge in [0.05, 0.1) is 28.2 Å². The molecule has 0 fully saturated rings. The van der Waals surface area contributed by atoms with Crippen molar-refractivity contribution in [1.29, 1.82) is 0 Å². The maximum Gasteiger partial charge on any atom is 0.253 e. The number of aromatic nitrogens is 2. The predicted molar refractivity (Wildman–Crippen MR) is 119 cm³/mol. The summed E-state index contributed by atoms with van der Waals surface area (Å²) in [5.74, 6) is 0.357. The Bertz CT molecular complexity index is 1050. The van der Waals surface area contributed by atoms with Crippen molar-refractivity contribution < 1.29 is 9.59 Å². The van der Waals surface area contributed by atoms with Gasteiger partial charge < -0.3 is 14.8 Å². The third-order valence-corrected chi connectivity index (χ3v) is 5.28. The highest BCUT2D eigenvalue weighted by atomic mass is 35.5. The summed E-state index contributed by atoms with van der Waals surface area (Å²) in [7, 11) is 0. The first-order chi connectivity index (χ1) is 14.3. The fourth-order valence-electron chi connectivity index (χ4n) is 3.73. The molecule has 0 saturated carbocycles. The van der Waals surface area contributed by atoms with E-state index in [1.54, 1.807) is 24.3 Å². The van der Waals surface area contributed by atoms with Gasteiger partial charge in [-0.05, 0) is 52.0 Å². The lowest BCUT2D eigenvalue weighted by Crippen LogP contribution is -2.44. The Morgan fingerprint density at radius 1 is 1.03 bits per heavy atom. The average molecular weight is 427 g/mol. The fraction of sp³-hybridized carbons (Fsp3) is 0.348. The molecule has 7 heteroatoms. The van der Waals surface area contributed by atoms with Crippen molar-refractivity contribution in [3.8, 4) is 0 Å². The van der Waals surface area contributed by atoms with E-state index in [9.17, 15) is 9.59 Å². The summed E-state index contributed by atoms with van der Waals surface area (Å²) in [4.78, 5) is 32.1. The summed E-state index contributed by atoms with van der Waals surface area (Å²) in [5, 5.41) is 3.27. The number of amides is 2. The van der Waals surface area contributed by atoms with E-state index in [2.05, 4.69) is 10.3 Å². The number of nitrogens with one attached hydrogen (secondary N) is 1. The Kier molecular flexibility index (Phi) is 6.77. The van der Waals surface area contributed by atoms with Crippen LogP contribution in [0.3, 0.4) is 0 Å². The molecule has 0 bridgehead atoms. The van der Waals surface area contributed by atoms with Crippen LogP contribution >= 0.6 is 11.6 Å². The van der Waals surface area contributed by atoms with E-state index in [0.717, 1.165) is 11.0 Å². The molecule has 1 heterocycles. The Morgan fingerprint density at radius 3 is 2.33 bits per heavy atom. The second-order valence-electron chi connectivity index (χ2n) is 7.75. The molecule has 0 unspecified atom stereocenters. The Hall–Kier alpha value is -2.86. The maximum atomic E-state index is 13.1. The van der Waals surface area contributed by atoms with E-state index in [1.807, 2.05) is 61.4 Å². The first kappa shape index (κ1) is 21.8. The summed E-state index contributed by atoms with van der Waals surface area (Å²) >= 11 is 6.13. The van der Waals surface area contributed by atoms with E-state index in [4.69, 9.17) is 11.6 Å². The SMILES string of the molecule is CC(C)N(C(=O)Cn1c(CNC(=O)c2ccccc2Cl)nc2ccccc21)C(C)C. The number of halogens is 1. The van der Waals surface area contributed by atoms with Gasteiger partial charge in [0.2, 0.25) is 5.91 Å². The number of carbonyl (C=O) groups is 2. The minimum absolute atomic E-state index is 0.0156. The molecule has 0 radical (unpaired) electrons. The van der Waals surface area contributed by atoms with Gasteiger partial charge in [-0.25, -0.2) is 4.98 Å². The molecule has 0 aliphatic heterocycles. The maximum absolute atomic E-state index is 13.1. The molecular formula is C23H27ClN4O2. The van der Waals surface area contributed by atoms with Crippen LogP contribution in [0.25, 0.3) is 11.0 Å². The first-order valence-corrected chi connectivity index (χ1v) is 10.5. The lowest BCUT2D eigenvalue weighted by atomic mass is 10.2. The molecule has 30 heavy (non-hydrogen) atoms. The normalized spacial score (nSPS) is 11.3. The monoisotopic (exact) mass is 426 g/mol. The van der Waals surface area contributed by atoms with Gasteiger partial charge in [0, 0.05) is 12.1 Å². The molecule has 0 atom stereocenters. The number of carbonyl (C=O) groups excluding carboxylic acids is 2. The number of fused-ring (bicyclic) bond motifs is 1. The molecule has 0 aliphatic rings. The molecular weight excluding hydrogens is 400 g/mol. The molecule has 0 aliphatic carbocycles. The first-order valence-electron chi connectivity index (χ1n) is 10.1. The minimum Gasteiger partial charge on any atom is -0.345 e. The van der Waals surface area contributed by atoms with E-state index in [-0.39, 0.29) is 37.0 Å². The summed E-state index contributed by atoms with van der Waals surface area (Å²) < 4.78 is 1.88. The van der Waals surface area contributed by atoms with Gasteiger partial charge in [0.1, 0.15) is 12.4 Å². The van der Waals surface area contributed by atoms with Gasteiger partial charge in [-0.1, -0.05) is 35.9 Å². The quantitative estimate of drug-likeness (QED) is 0.613. The number of hydrogen-bond acceptors (Lipinski definition) is 3. The van der Waals surface area contributed by atoms with Crippen LogP contribution in [0.4, 0.5) is 0 Å². The third kappa shape index (κ3) is 4.65. The van der Waals surface area contributed by atoms with E-state index < -0.39 is 0 Å². The fourth-order valence-corrected chi connectivity index (χ4v) is 3.95. The van der Waals surface area contributed by atoms with Gasteiger partial charge in [-0.15, -0.1) is 0 Å². The van der Waals surface area contributed by atoms with Crippen LogP contribution in [-0.2, 0) is 17.9 Å². The highest BCUT2D eigenvalue weighted by Crippen LogP contribution is 2.19. The van der Waals surface area contributed by atoms with Crippen molar-refractivity contribution in [1.82, 2.24) is 19.8 Å². The van der Waals surface area contributed by atoms with Crippen molar-refractivity contribution in [3.63, 3.8) is 0 Å². The van der Waals surface area contributed by atoms with Crippen LogP contribution in [0, 0.1) is 0 Å². The Labute approximate surface area is 181 Å². The van der Waals surface area contributed by atoms with Crippen molar-refractivity contribution in [2.45, 2.75) is 52.9 Å². The zero-order valence-corrected chi connectivity index (χ0v) is 18.5. The lowest BCUT2D eigenvalue weighted by Gasteiger charge is -2.31. The number of hydrogen-bond donors (Lipinski definition) is 1. The van der Waals surface area contributed by atoms with Crippen molar-refractivity contribution in [2.24, 2.45) is 0 Å². The molecule has 0 saturated heterocycles. The number of imidazole rings is 1. The Balaban J connectivity index is 1.87. The molecule has 3 rings (SSSR count). The van der Waals surface area contributed by atoms with Crippen LogP contribution in [0.1, 0.15) is 43.9 Å². The number of nitrogens with zero attached hydrogens (tertiary/aromatic N) is 3. The van der Waals surface area contributed by atoms with Crippen molar-refractivity contribution in [2.75, 3.05) is 0 Å². The van der Waals surface area contributed by atoms with Crippen LogP contribution in [0.2, 0.25) is 5.02 Å². The number of benzene rings is 2. The summed E-state index contributed by atoms with van der Waals surface area (Å²) in [6.45, 7) is 8.39. The highest BCUT2D eigenvalue weighted by molar-refractivity contribution is 6.33. The zero-order chi connectivity index (χ0) is 21.8.